The van der Waals surface area contributed by atoms with Gasteiger partial charge in [0.25, 0.3) is 0 Å². The van der Waals surface area contributed by atoms with Crippen molar-refractivity contribution in [3.8, 4) is 5.75 Å². The first kappa shape index (κ1) is 25.0. The van der Waals surface area contributed by atoms with Crippen LogP contribution in [0.25, 0.3) is 0 Å². The quantitative estimate of drug-likeness (QED) is 0.295. The van der Waals surface area contributed by atoms with E-state index in [1.807, 2.05) is 0 Å². The zero-order chi connectivity index (χ0) is 19.5. The number of aliphatic imine (C=N–C) groups is 1. The molecule has 2 rings (SSSR count). The largest absolute Gasteiger partial charge is 0.493 e. The molecule has 1 aromatic rings. The highest BCUT2D eigenvalue weighted by Crippen LogP contribution is 2.17. The van der Waals surface area contributed by atoms with Gasteiger partial charge in [-0.25, -0.2) is 0 Å². The molecule has 0 spiro atoms. The Kier molecular flexibility index (Phi) is 12.5. The molecule has 5 nitrogen and oxygen atoms in total. The first-order valence-corrected chi connectivity index (χ1v) is 10.4. The van der Waals surface area contributed by atoms with Crippen LogP contribution in [-0.4, -0.2) is 56.9 Å². The lowest BCUT2D eigenvalue weighted by Crippen LogP contribution is -2.40. The Balaban J connectivity index is 0.00000392. The van der Waals surface area contributed by atoms with Crippen LogP contribution in [0.4, 0.5) is 0 Å². The van der Waals surface area contributed by atoms with Crippen LogP contribution < -0.4 is 10.1 Å². The van der Waals surface area contributed by atoms with Crippen molar-refractivity contribution in [3.05, 3.63) is 29.8 Å². The predicted octanol–water partition coefficient (Wildman–Crippen LogP) is 4.21. The van der Waals surface area contributed by atoms with Crippen LogP contribution in [0.3, 0.4) is 0 Å². The summed E-state index contributed by atoms with van der Waals surface area (Å²) in [6.45, 7) is 14.7. The Morgan fingerprint density at radius 2 is 2.00 bits per heavy atom. The number of nitrogens with zero attached hydrogens (tertiary/aromatic N) is 2. The number of guanidine groups is 1. The molecule has 28 heavy (non-hydrogen) atoms. The van der Waals surface area contributed by atoms with E-state index >= 15 is 0 Å². The van der Waals surface area contributed by atoms with E-state index in [4.69, 9.17) is 14.5 Å². The number of rotatable bonds is 10. The highest BCUT2D eigenvalue weighted by atomic mass is 127. The number of hydrogen-bond donors (Lipinski definition) is 1. The third-order valence-corrected chi connectivity index (χ3v) is 4.65. The topological polar surface area (TPSA) is 46.1 Å². The molecule has 160 valence electrons. The van der Waals surface area contributed by atoms with Crippen molar-refractivity contribution in [1.82, 2.24) is 10.2 Å². The van der Waals surface area contributed by atoms with Crippen molar-refractivity contribution in [2.24, 2.45) is 16.8 Å². The Bertz CT molecular complexity index is 563. The van der Waals surface area contributed by atoms with Gasteiger partial charge in [0.05, 0.1) is 13.2 Å². The fraction of sp³-hybridized carbons (Fsp3) is 0.682. The van der Waals surface area contributed by atoms with Crippen LogP contribution in [0.5, 0.6) is 5.75 Å². The lowest BCUT2D eigenvalue weighted by Gasteiger charge is -2.21. The van der Waals surface area contributed by atoms with Crippen LogP contribution in [0, 0.1) is 11.8 Å². The second kappa shape index (κ2) is 14.0. The number of likely N-dealkylation sites (tertiary alicyclic amines) is 1. The first-order chi connectivity index (χ1) is 13.1. The minimum absolute atomic E-state index is 0. The van der Waals surface area contributed by atoms with Gasteiger partial charge in [-0.1, -0.05) is 26.0 Å². The molecular formula is C22H38IN3O2. The van der Waals surface area contributed by atoms with Crippen LogP contribution >= 0.6 is 24.0 Å². The monoisotopic (exact) mass is 503 g/mol. The van der Waals surface area contributed by atoms with Gasteiger partial charge in [-0.3, -0.25) is 4.99 Å². The average Bonchev–Trinajstić information content (AvgIpc) is 3.14. The maximum atomic E-state index is 5.75. The molecule has 1 aliphatic rings. The van der Waals surface area contributed by atoms with Crippen molar-refractivity contribution >= 4 is 29.9 Å². The van der Waals surface area contributed by atoms with E-state index in [0.29, 0.717) is 11.8 Å². The number of nitrogens with one attached hydrogen (secondary N) is 1. The van der Waals surface area contributed by atoms with Crippen LogP contribution in [-0.2, 0) is 11.2 Å². The molecule has 1 unspecified atom stereocenters. The fourth-order valence-corrected chi connectivity index (χ4v) is 3.18. The molecule has 1 atom stereocenters. The highest BCUT2D eigenvalue weighted by molar-refractivity contribution is 14.0. The first-order valence-electron chi connectivity index (χ1n) is 10.4. The minimum atomic E-state index is 0. The molecule has 0 radical (unpaired) electrons. The average molecular weight is 503 g/mol. The molecule has 0 amide bonds. The molecule has 6 heteroatoms. The number of hydrogen-bond acceptors (Lipinski definition) is 3. The standard InChI is InChI=1S/C22H37N3O2.HI/c1-5-23-22(25-14-12-20(15-25)17-26-6-2)24-13-11-19-7-9-21(10-8-19)27-16-18(3)4;/h7-10,18,20H,5-6,11-17H2,1-4H3,(H,23,24);1H. The normalized spacial score (nSPS) is 17.0. The lowest BCUT2D eigenvalue weighted by molar-refractivity contribution is 0.114. The molecular weight excluding hydrogens is 465 g/mol. The third kappa shape index (κ3) is 8.99. The minimum Gasteiger partial charge on any atom is -0.493 e. The van der Waals surface area contributed by atoms with Gasteiger partial charge >= 0.3 is 0 Å². The lowest BCUT2D eigenvalue weighted by atomic mass is 10.1. The van der Waals surface area contributed by atoms with E-state index in [1.165, 1.54) is 12.0 Å². The van der Waals surface area contributed by atoms with E-state index in [-0.39, 0.29) is 24.0 Å². The summed E-state index contributed by atoms with van der Waals surface area (Å²) in [5.74, 6) is 3.14. The second-order valence-electron chi connectivity index (χ2n) is 7.59. The zero-order valence-electron chi connectivity index (χ0n) is 17.9. The van der Waals surface area contributed by atoms with E-state index in [0.717, 1.165) is 64.1 Å². The second-order valence-corrected chi connectivity index (χ2v) is 7.59. The van der Waals surface area contributed by atoms with E-state index < -0.39 is 0 Å². The molecule has 1 N–H and O–H groups in total. The summed E-state index contributed by atoms with van der Waals surface area (Å²) in [6.07, 6.45) is 2.12. The van der Waals surface area contributed by atoms with Gasteiger partial charge in [0, 0.05) is 38.7 Å². The van der Waals surface area contributed by atoms with Gasteiger partial charge in [0.1, 0.15) is 5.75 Å². The smallest absolute Gasteiger partial charge is 0.193 e. The molecule has 0 aromatic heterocycles. The van der Waals surface area contributed by atoms with Gasteiger partial charge in [0.15, 0.2) is 5.96 Å². The van der Waals surface area contributed by atoms with Crippen molar-refractivity contribution in [2.75, 3.05) is 46.0 Å². The number of halogens is 1. The van der Waals surface area contributed by atoms with E-state index in [2.05, 4.69) is 62.2 Å². The molecule has 1 aromatic carbocycles. The van der Waals surface area contributed by atoms with Gasteiger partial charge in [-0.05, 0) is 50.3 Å². The summed E-state index contributed by atoms with van der Waals surface area (Å²) in [5.41, 5.74) is 1.29. The molecule has 1 heterocycles. The summed E-state index contributed by atoms with van der Waals surface area (Å²) >= 11 is 0. The maximum absolute atomic E-state index is 5.75. The SMILES string of the molecule is CCNC(=NCCc1ccc(OCC(C)C)cc1)N1CCC(COCC)C1.I. The third-order valence-electron chi connectivity index (χ3n) is 4.65. The summed E-state index contributed by atoms with van der Waals surface area (Å²) in [6, 6.07) is 8.41. The zero-order valence-corrected chi connectivity index (χ0v) is 20.3. The molecule has 1 fully saturated rings. The van der Waals surface area contributed by atoms with Crippen LogP contribution in [0.2, 0.25) is 0 Å². The fourth-order valence-electron chi connectivity index (χ4n) is 3.18. The van der Waals surface area contributed by atoms with E-state index in [1.54, 1.807) is 0 Å². The van der Waals surface area contributed by atoms with E-state index in [9.17, 15) is 0 Å². The molecule has 0 aliphatic carbocycles. The Hall–Kier alpha value is -1.02. The van der Waals surface area contributed by atoms with Crippen LogP contribution in [0.15, 0.2) is 29.3 Å². The van der Waals surface area contributed by atoms with Gasteiger partial charge < -0.3 is 19.7 Å². The van der Waals surface area contributed by atoms with Crippen molar-refractivity contribution in [1.29, 1.82) is 0 Å². The Morgan fingerprint density at radius 1 is 1.25 bits per heavy atom. The maximum Gasteiger partial charge on any atom is 0.193 e. The molecule has 1 saturated heterocycles. The molecule has 1 aliphatic heterocycles. The van der Waals surface area contributed by atoms with Crippen molar-refractivity contribution in [3.63, 3.8) is 0 Å². The Morgan fingerprint density at radius 3 is 2.64 bits per heavy atom. The van der Waals surface area contributed by atoms with Crippen molar-refractivity contribution in [2.45, 2.75) is 40.5 Å². The van der Waals surface area contributed by atoms with Gasteiger partial charge in [-0.2, -0.15) is 0 Å². The summed E-state index contributed by atoms with van der Waals surface area (Å²) in [4.78, 5) is 7.22. The van der Waals surface area contributed by atoms with Gasteiger partial charge in [0.2, 0.25) is 0 Å². The summed E-state index contributed by atoms with van der Waals surface area (Å²) in [5, 5.41) is 3.44. The van der Waals surface area contributed by atoms with Crippen molar-refractivity contribution < 1.29 is 9.47 Å². The van der Waals surface area contributed by atoms with Gasteiger partial charge in [-0.15, -0.1) is 24.0 Å². The number of ether oxygens (including phenoxy) is 2. The predicted molar refractivity (Wildman–Crippen MR) is 128 cm³/mol. The van der Waals surface area contributed by atoms with Crippen LogP contribution in [0.1, 0.15) is 39.7 Å². The summed E-state index contributed by atoms with van der Waals surface area (Å²) < 4.78 is 11.3. The highest BCUT2D eigenvalue weighted by Gasteiger charge is 2.24. The summed E-state index contributed by atoms with van der Waals surface area (Å²) in [7, 11) is 0. The Labute approximate surface area is 188 Å². The molecule has 0 saturated carbocycles. The number of benzene rings is 1. The molecule has 0 bridgehead atoms.